The maximum atomic E-state index is 13.2. The second-order valence-electron chi connectivity index (χ2n) is 28.6. The minimum atomic E-state index is -5.94. The Morgan fingerprint density at radius 1 is 0.709 bits per heavy atom. The van der Waals surface area contributed by atoms with Crippen molar-refractivity contribution < 1.29 is 173 Å². The van der Waals surface area contributed by atoms with Gasteiger partial charge in [-0.1, -0.05) is 41.0 Å². The van der Waals surface area contributed by atoms with E-state index in [2.05, 4.69) is 64.2 Å². The fourth-order valence-corrected chi connectivity index (χ4v) is 21.9. The average molecular weight is 1560 g/mol. The Balaban J connectivity index is 0.00000672. The molecule has 0 aromatic carbocycles. The molecule has 564 valence electrons. The van der Waals surface area contributed by atoms with Gasteiger partial charge in [0.2, 0.25) is 35.4 Å². The zero-order chi connectivity index (χ0) is 73.0. The second-order valence-corrected chi connectivity index (χ2v) is 35.4. The second kappa shape index (κ2) is 37.2. The number of nitrogens with zero attached hydrogens (tertiary/aromatic N) is 6. The number of phosphoric acid groups is 3. The number of anilines is 1. The van der Waals surface area contributed by atoms with Gasteiger partial charge in [-0.05, 0) is 109 Å². The first-order valence-electron chi connectivity index (χ1n) is 34.8. The normalized spacial score (nSPS) is 31.1. The molecule has 3 saturated heterocycles. The van der Waals surface area contributed by atoms with Crippen LogP contribution in [-0.2, 0) is 84.1 Å². The molecule has 10 rings (SSSR count). The smallest absolute Gasteiger partial charge is 0.756 e. The van der Waals surface area contributed by atoms with Crippen LogP contribution in [0.15, 0.2) is 12.7 Å². The van der Waals surface area contributed by atoms with E-state index in [4.69, 9.17) is 19.9 Å². The molecule has 33 nitrogen and oxygen atoms in total. The number of imidazole rings is 1. The van der Waals surface area contributed by atoms with Gasteiger partial charge in [-0.2, -0.15) is 0 Å². The van der Waals surface area contributed by atoms with Crippen molar-refractivity contribution in [3.8, 4) is 0 Å². The topological polar surface area (TPSA) is 480 Å². The van der Waals surface area contributed by atoms with E-state index in [9.17, 15) is 81.8 Å². The van der Waals surface area contributed by atoms with Crippen LogP contribution >= 0.6 is 47.0 Å². The van der Waals surface area contributed by atoms with Gasteiger partial charge < -0.3 is 69.4 Å². The monoisotopic (exact) mass is 1560 g/mol. The fraction of sp³-hybridized carbons (Fsp3) is 0.794. The van der Waals surface area contributed by atoms with E-state index in [0.717, 1.165) is 123 Å². The average Bonchev–Trinajstić information content (AvgIpc) is 0.736. The molecule has 5 heterocycles. The summed E-state index contributed by atoms with van der Waals surface area (Å²) in [6, 6.07) is 0. The number of likely N-dealkylation sites (tertiary alicyclic amines) is 2. The molecule has 6 amide bonds. The van der Waals surface area contributed by atoms with Gasteiger partial charge in [0.1, 0.15) is 47.8 Å². The van der Waals surface area contributed by atoms with Crippen LogP contribution in [-0.4, -0.2) is 209 Å². The van der Waals surface area contributed by atoms with Gasteiger partial charge in [0.15, 0.2) is 17.7 Å². The molecule has 21 atom stereocenters. The molecular weight excluding hydrogens is 1470 g/mol. The number of hydrogen-bond acceptors (Lipinski definition) is 28. The quantitative estimate of drug-likeness (QED) is 0.0111. The number of phosphoric ester groups is 3. The van der Waals surface area contributed by atoms with Crippen LogP contribution in [0, 0.1) is 76.4 Å². The summed E-state index contributed by atoms with van der Waals surface area (Å²) in [7, 11) is -17.2. The maximum Gasteiger partial charge on any atom is 1.00 e. The van der Waals surface area contributed by atoms with Gasteiger partial charge in [-0.25, -0.2) is 23.8 Å². The van der Waals surface area contributed by atoms with Gasteiger partial charge >= 0.3 is 66.9 Å². The summed E-state index contributed by atoms with van der Waals surface area (Å²) in [5.41, 5.74) is 4.08. The van der Waals surface area contributed by atoms with Gasteiger partial charge in [0, 0.05) is 88.9 Å². The van der Waals surface area contributed by atoms with Crippen LogP contribution < -0.4 is 85.3 Å². The molecule has 3 aliphatic heterocycles. The molecule has 17 unspecified atom stereocenters. The van der Waals surface area contributed by atoms with Crippen molar-refractivity contribution in [2.75, 3.05) is 83.1 Å². The number of imide groups is 2. The number of Topliss-reactive ketones (excluding diaryl/α,β-unsaturated/α-hetero) is 2. The summed E-state index contributed by atoms with van der Waals surface area (Å²) < 4.78 is 73.0. The van der Waals surface area contributed by atoms with E-state index in [1.54, 1.807) is 11.8 Å². The Labute approximate surface area is 650 Å². The third-order valence-corrected chi connectivity index (χ3v) is 27.5. The largest absolute Gasteiger partial charge is 1.00 e. The zero-order valence-electron chi connectivity index (χ0n) is 59.2. The predicted octanol–water partition coefficient (Wildman–Crippen LogP) is -3.54. The van der Waals surface area contributed by atoms with E-state index in [-0.39, 0.29) is 181 Å². The van der Waals surface area contributed by atoms with Gasteiger partial charge in [-0.15, -0.1) is 23.5 Å². The van der Waals surface area contributed by atoms with Gasteiger partial charge in [0.25, 0.3) is 15.6 Å². The first kappa shape index (κ1) is 86.4. The first-order valence-corrected chi connectivity index (χ1v) is 41.3. The van der Waals surface area contributed by atoms with Gasteiger partial charge in [0.05, 0.1) is 49.9 Å². The number of amides is 6. The van der Waals surface area contributed by atoms with Crippen LogP contribution in [0.5, 0.6) is 0 Å². The molecule has 5 saturated carbocycles. The van der Waals surface area contributed by atoms with Crippen molar-refractivity contribution in [2.45, 2.75) is 159 Å². The van der Waals surface area contributed by atoms with E-state index < -0.39 is 95.7 Å². The number of aliphatic hydroxyl groups excluding tert-OH is 2. The first-order chi connectivity index (χ1) is 47.8. The van der Waals surface area contributed by atoms with Crippen LogP contribution in [0.3, 0.4) is 0 Å². The van der Waals surface area contributed by atoms with E-state index >= 15 is 0 Å². The number of ketones is 2. The molecule has 0 spiro atoms. The number of unbranched alkanes of at least 4 members (excludes halogenated alkanes) is 2. The number of hydrogen-bond donors (Lipinski definition) is 7. The number of nitrogen functional groups attached to an aromatic ring is 1. The van der Waals surface area contributed by atoms with Crippen LogP contribution in [0.2, 0.25) is 0 Å². The molecular formula is C63H94N9Na2O24P3S2. The Hall–Kier alpha value is -2.22. The number of fused-ring (bicyclic) bond motifs is 11. The number of ether oxygens (including phenoxy) is 3. The van der Waals surface area contributed by atoms with Crippen molar-refractivity contribution >= 4 is 111 Å². The van der Waals surface area contributed by atoms with Crippen molar-refractivity contribution in [3.63, 3.8) is 0 Å². The summed E-state index contributed by atoms with van der Waals surface area (Å²) in [5, 5.41) is 25.6. The van der Waals surface area contributed by atoms with Gasteiger partial charge in [-0.3, -0.25) is 66.4 Å². The van der Waals surface area contributed by atoms with E-state index in [0.29, 0.717) is 58.3 Å². The Morgan fingerprint density at radius 3 is 1.93 bits per heavy atom. The Bertz CT molecular complexity index is 3530. The molecule has 2 aromatic heterocycles. The Morgan fingerprint density at radius 2 is 1.28 bits per heavy atom. The summed E-state index contributed by atoms with van der Waals surface area (Å²) in [6.45, 7) is 8.88. The molecule has 0 bridgehead atoms. The number of nitrogens with two attached hydrogens (primary N) is 1. The Kier molecular flexibility index (Phi) is 31.2. The fourth-order valence-electron chi connectivity index (χ4n) is 16.9. The molecule has 40 heteroatoms. The number of thioether (sulfide) groups is 2. The molecule has 2 aromatic rings. The maximum absolute atomic E-state index is 13.2. The van der Waals surface area contributed by atoms with Crippen molar-refractivity contribution in [1.29, 1.82) is 0 Å². The van der Waals surface area contributed by atoms with Crippen LogP contribution in [0.25, 0.3) is 11.2 Å². The predicted molar refractivity (Wildman–Crippen MR) is 357 cm³/mol. The van der Waals surface area contributed by atoms with E-state index in [1.165, 1.54) is 18.7 Å². The number of nitrogens with one attached hydrogen (secondary N) is 2. The number of carbonyl (C=O) groups excluding carboxylic acids is 8. The summed E-state index contributed by atoms with van der Waals surface area (Å²) >= 11 is 2.85. The van der Waals surface area contributed by atoms with E-state index in [1.807, 2.05) is 0 Å². The third kappa shape index (κ3) is 20.5. The van der Waals surface area contributed by atoms with Crippen LogP contribution in [0.1, 0.15) is 124 Å². The molecule has 0 radical (unpaired) electrons. The van der Waals surface area contributed by atoms with Crippen LogP contribution in [0.4, 0.5) is 5.82 Å². The summed E-state index contributed by atoms with van der Waals surface area (Å²) in [5.74, 6) is 9.97. The minimum absolute atomic E-state index is 0. The van der Waals surface area contributed by atoms with Crippen molar-refractivity contribution in [1.82, 2.24) is 40.0 Å². The number of aliphatic hydroxyl groups is 2. The number of carbonyl (C=O) groups is 8. The molecule has 103 heavy (non-hydrogen) atoms. The molecule has 8 N–H and O–H groups in total. The third-order valence-electron chi connectivity index (χ3n) is 22.1. The number of rotatable bonds is 44. The van der Waals surface area contributed by atoms with Crippen molar-refractivity contribution in [2.24, 2.45) is 76.4 Å². The summed E-state index contributed by atoms with van der Waals surface area (Å²) in [4.78, 5) is 161. The molecule has 5 aliphatic carbocycles. The molecule has 8 fully saturated rings. The minimum Gasteiger partial charge on any atom is -0.756 e. The summed E-state index contributed by atoms with van der Waals surface area (Å²) in [6.07, 6.45) is -2.00. The number of aromatic nitrogens is 4. The SMILES string of the molecule is CC1C(C)C2C1C1C2C2C3C(CCSC4CC(=O)N(CCCCCC(=O)CCCOCCOCCC(=O)CCCN5C(=O)CC(SCCNC(=O)CCNC(=O)[C@H](O)C(C)(C)COP(=O)([O-])OP(=O)([O-])OC[C@H]6O[C@@H](n7cnc8c(N)ncnc87)[C@@H](O)C6OP(=O)(O)O)C5=O)C4=O)C(C)C3C12.[Na+].[Na+]. The molecule has 8 aliphatic rings. The standard InChI is InChI=1S/C63H96N9O24P3S2.2Na/c1-33-34(2)46-45(33)49-50(46)52-48-38(35(3)47(48)51(49)52)16-25-100-40-27-43(76)70(60(40)81)19-8-6-7-11-36(73)13-10-21-90-23-24-91-22-15-37(74)12-9-20-71-44(77)28-41(61(71)82)101-26-18-65-42(75)14-17-66-59(80)56(79)63(4,5)30-93-99(88,89)96-98(86,87)92-29-39-55(95-97(83,84)85)54(78)62(94-39)72-32-69-53-57(64)67-31-68-58(53)72;;/h31-35,38-41,45-52,54-56,62,78-79H,6-30H2,1-5H3,(H,65,75)(H,66,80)(H,86,87)(H,88,89)(H2,64,67,68)(H2,83,84,85);;/q;2*+1/p-2/t33?,34?,35?,38?,39-,40?,41?,45?,46?,47?,48?,49?,50?,51?,52?,54+,55?,56+,62-;;/m1../s1. The zero-order valence-corrected chi connectivity index (χ0v) is 67.5. The van der Waals surface area contributed by atoms with Crippen molar-refractivity contribution in [3.05, 3.63) is 12.7 Å².